The SMILES string of the molecule is CCNC(=NCCCCOCCOC)NCCC(OCC)C(C)C.I. The van der Waals surface area contributed by atoms with Gasteiger partial charge in [-0.2, -0.15) is 0 Å². The Hall–Kier alpha value is -0.120. The Morgan fingerprint density at radius 2 is 1.80 bits per heavy atom. The first kappa shape index (κ1) is 27.1. The number of hydrogen-bond donors (Lipinski definition) is 2. The summed E-state index contributed by atoms with van der Waals surface area (Å²) in [5.41, 5.74) is 0. The fourth-order valence-electron chi connectivity index (χ4n) is 2.25. The molecule has 0 aromatic rings. The maximum absolute atomic E-state index is 5.78. The molecule has 0 radical (unpaired) electrons. The van der Waals surface area contributed by atoms with Crippen molar-refractivity contribution in [3.05, 3.63) is 0 Å². The molecule has 0 aromatic carbocycles. The van der Waals surface area contributed by atoms with Crippen LogP contribution < -0.4 is 10.6 Å². The van der Waals surface area contributed by atoms with E-state index in [1.54, 1.807) is 7.11 Å². The zero-order valence-electron chi connectivity index (χ0n) is 16.8. The molecule has 1 unspecified atom stereocenters. The summed E-state index contributed by atoms with van der Waals surface area (Å²) in [7, 11) is 1.69. The first-order valence-electron chi connectivity index (χ1n) is 9.36. The van der Waals surface area contributed by atoms with E-state index in [9.17, 15) is 0 Å². The third-order valence-corrected chi connectivity index (χ3v) is 3.59. The Morgan fingerprint density at radius 1 is 1.04 bits per heavy atom. The van der Waals surface area contributed by atoms with Gasteiger partial charge < -0.3 is 24.8 Å². The number of unbranched alkanes of at least 4 members (excludes halogenated alkanes) is 1. The summed E-state index contributed by atoms with van der Waals surface area (Å²) >= 11 is 0. The number of ether oxygens (including phenoxy) is 3. The first-order chi connectivity index (χ1) is 11.7. The molecule has 0 amide bonds. The lowest BCUT2D eigenvalue weighted by molar-refractivity contribution is 0.0258. The summed E-state index contributed by atoms with van der Waals surface area (Å²) in [5.74, 6) is 1.42. The number of guanidine groups is 1. The number of nitrogens with one attached hydrogen (secondary N) is 2. The predicted octanol–water partition coefficient (Wildman–Crippen LogP) is 3.05. The summed E-state index contributed by atoms with van der Waals surface area (Å²) in [6, 6.07) is 0. The maximum Gasteiger partial charge on any atom is 0.191 e. The van der Waals surface area contributed by atoms with Gasteiger partial charge in [-0.25, -0.2) is 0 Å². The smallest absolute Gasteiger partial charge is 0.191 e. The van der Waals surface area contributed by atoms with E-state index in [4.69, 9.17) is 14.2 Å². The first-order valence-corrected chi connectivity index (χ1v) is 9.36. The van der Waals surface area contributed by atoms with E-state index >= 15 is 0 Å². The summed E-state index contributed by atoms with van der Waals surface area (Å²) in [4.78, 5) is 4.61. The normalized spacial score (nSPS) is 12.8. The number of halogens is 1. The number of rotatable bonds is 15. The van der Waals surface area contributed by atoms with Crippen molar-refractivity contribution < 1.29 is 14.2 Å². The van der Waals surface area contributed by atoms with Gasteiger partial charge in [0.05, 0.1) is 19.3 Å². The summed E-state index contributed by atoms with van der Waals surface area (Å²) in [6.07, 6.45) is 3.34. The minimum atomic E-state index is 0. The van der Waals surface area contributed by atoms with Crippen LogP contribution in [-0.2, 0) is 14.2 Å². The van der Waals surface area contributed by atoms with Gasteiger partial charge in [-0.3, -0.25) is 4.99 Å². The van der Waals surface area contributed by atoms with Gasteiger partial charge in [0.25, 0.3) is 0 Å². The van der Waals surface area contributed by atoms with Crippen molar-refractivity contribution in [2.45, 2.75) is 53.1 Å². The van der Waals surface area contributed by atoms with Crippen molar-refractivity contribution in [2.75, 3.05) is 53.2 Å². The van der Waals surface area contributed by atoms with E-state index in [0.717, 1.165) is 58.1 Å². The van der Waals surface area contributed by atoms with E-state index < -0.39 is 0 Å². The molecule has 0 aliphatic carbocycles. The second-order valence-corrected chi connectivity index (χ2v) is 6.03. The van der Waals surface area contributed by atoms with E-state index in [1.807, 2.05) is 6.92 Å². The summed E-state index contributed by atoms with van der Waals surface area (Å²) in [6.45, 7) is 13.9. The van der Waals surface area contributed by atoms with Crippen LogP contribution >= 0.6 is 24.0 Å². The Balaban J connectivity index is 0. The lowest BCUT2D eigenvalue weighted by atomic mass is 10.0. The third kappa shape index (κ3) is 17.1. The molecule has 0 fully saturated rings. The van der Waals surface area contributed by atoms with Gasteiger partial charge in [-0.1, -0.05) is 13.8 Å². The molecule has 7 heteroatoms. The molecule has 0 aliphatic heterocycles. The molecule has 0 aromatic heterocycles. The Kier molecular flexibility index (Phi) is 21.9. The largest absolute Gasteiger partial charge is 0.382 e. The highest BCUT2D eigenvalue weighted by Gasteiger charge is 2.12. The fraction of sp³-hybridized carbons (Fsp3) is 0.944. The van der Waals surface area contributed by atoms with Crippen LogP contribution in [-0.4, -0.2) is 65.2 Å². The highest BCUT2D eigenvalue weighted by Crippen LogP contribution is 2.09. The molecule has 0 saturated heterocycles. The number of aliphatic imine (C=N–C) groups is 1. The van der Waals surface area contributed by atoms with Crippen molar-refractivity contribution in [2.24, 2.45) is 10.9 Å². The van der Waals surface area contributed by atoms with Crippen molar-refractivity contribution in [3.8, 4) is 0 Å². The van der Waals surface area contributed by atoms with Crippen LogP contribution in [0.15, 0.2) is 4.99 Å². The van der Waals surface area contributed by atoms with E-state index in [2.05, 4.69) is 36.4 Å². The minimum absolute atomic E-state index is 0. The van der Waals surface area contributed by atoms with Crippen LogP contribution in [0.25, 0.3) is 0 Å². The molecule has 25 heavy (non-hydrogen) atoms. The molecular formula is C18H40IN3O3. The number of methoxy groups -OCH3 is 1. The average molecular weight is 473 g/mol. The van der Waals surface area contributed by atoms with Gasteiger partial charge in [0.1, 0.15) is 0 Å². The van der Waals surface area contributed by atoms with Crippen molar-refractivity contribution in [3.63, 3.8) is 0 Å². The van der Waals surface area contributed by atoms with Crippen LogP contribution in [0.5, 0.6) is 0 Å². The highest BCUT2D eigenvalue weighted by atomic mass is 127. The fourth-order valence-corrected chi connectivity index (χ4v) is 2.25. The number of hydrogen-bond acceptors (Lipinski definition) is 4. The van der Waals surface area contributed by atoms with E-state index in [-0.39, 0.29) is 24.0 Å². The monoisotopic (exact) mass is 473 g/mol. The van der Waals surface area contributed by atoms with Gasteiger partial charge in [0.15, 0.2) is 5.96 Å². The van der Waals surface area contributed by atoms with E-state index in [1.165, 1.54) is 0 Å². The lowest BCUT2D eigenvalue weighted by Crippen LogP contribution is -2.39. The molecule has 0 aliphatic rings. The molecule has 0 saturated carbocycles. The average Bonchev–Trinajstić information content (AvgIpc) is 2.56. The van der Waals surface area contributed by atoms with Crippen molar-refractivity contribution in [1.29, 1.82) is 0 Å². The second kappa shape index (κ2) is 20.2. The molecule has 0 heterocycles. The highest BCUT2D eigenvalue weighted by molar-refractivity contribution is 14.0. The molecule has 2 N–H and O–H groups in total. The van der Waals surface area contributed by atoms with Crippen molar-refractivity contribution in [1.82, 2.24) is 10.6 Å². The lowest BCUT2D eigenvalue weighted by Gasteiger charge is -2.21. The zero-order valence-corrected chi connectivity index (χ0v) is 19.1. The topological polar surface area (TPSA) is 64.1 Å². The molecule has 0 spiro atoms. The standard InChI is InChI=1S/C18H39N3O3.HI/c1-6-19-18(20-11-8-9-13-23-15-14-22-5)21-12-10-17(16(3)4)24-7-2;/h16-17H,6-15H2,1-5H3,(H2,19,20,21);1H. The third-order valence-electron chi connectivity index (χ3n) is 3.59. The molecule has 0 bridgehead atoms. The molecule has 1 atom stereocenters. The predicted molar refractivity (Wildman–Crippen MR) is 116 cm³/mol. The molecule has 0 rings (SSSR count). The van der Waals surface area contributed by atoms with Crippen LogP contribution in [0.2, 0.25) is 0 Å². The van der Waals surface area contributed by atoms with Gasteiger partial charge in [-0.15, -0.1) is 24.0 Å². The second-order valence-electron chi connectivity index (χ2n) is 6.03. The van der Waals surface area contributed by atoms with Gasteiger partial charge >= 0.3 is 0 Å². The quantitative estimate of drug-likeness (QED) is 0.166. The Bertz CT molecular complexity index is 305. The van der Waals surface area contributed by atoms with Gasteiger partial charge in [-0.05, 0) is 39.0 Å². The van der Waals surface area contributed by atoms with Crippen LogP contribution in [0.4, 0.5) is 0 Å². The van der Waals surface area contributed by atoms with E-state index in [0.29, 0.717) is 25.2 Å². The van der Waals surface area contributed by atoms with Crippen molar-refractivity contribution >= 4 is 29.9 Å². The van der Waals surface area contributed by atoms with Crippen LogP contribution in [0.3, 0.4) is 0 Å². The van der Waals surface area contributed by atoms with Gasteiger partial charge in [0, 0.05) is 40.0 Å². The summed E-state index contributed by atoms with van der Waals surface area (Å²) in [5, 5.41) is 6.68. The molecular weight excluding hydrogens is 433 g/mol. The minimum Gasteiger partial charge on any atom is -0.382 e. The zero-order chi connectivity index (χ0) is 18.0. The maximum atomic E-state index is 5.78. The van der Waals surface area contributed by atoms with Crippen LogP contribution in [0.1, 0.15) is 47.0 Å². The summed E-state index contributed by atoms with van der Waals surface area (Å²) < 4.78 is 16.2. The van der Waals surface area contributed by atoms with Gasteiger partial charge in [0.2, 0.25) is 0 Å². The molecule has 152 valence electrons. The Labute approximate surface area is 171 Å². The Morgan fingerprint density at radius 3 is 2.40 bits per heavy atom. The van der Waals surface area contributed by atoms with Crippen LogP contribution in [0, 0.1) is 5.92 Å². The molecule has 6 nitrogen and oxygen atoms in total. The number of nitrogens with zero attached hydrogens (tertiary/aromatic N) is 1.